The summed E-state index contributed by atoms with van der Waals surface area (Å²) in [6, 6.07) is 13.8. The molecule has 27 heavy (non-hydrogen) atoms. The van der Waals surface area contributed by atoms with Crippen LogP contribution in [0.5, 0.6) is 0 Å². The van der Waals surface area contributed by atoms with E-state index in [9.17, 15) is 0 Å². The second-order valence-electron chi connectivity index (χ2n) is 6.49. The molecule has 0 amide bonds. The Morgan fingerprint density at radius 1 is 1.04 bits per heavy atom. The fourth-order valence-corrected chi connectivity index (χ4v) is 3.57. The number of aromatic nitrogens is 3. The highest BCUT2D eigenvalue weighted by Gasteiger charge is 2.20. The van der Waals surface area contributed by atoms with Crippen molar-refractivity contribution in [1.29, 1.82) is 0 Å². The lowest BCUT2D eigenvalue weighted by Gasteiger charge is -2.33. The Morgan fingerprint density at radius 2 is 1.78 bits per heavy atom. The SMILES string of the molecule is C#CCN1CCN(Cn2nc(-c3ccco3)n(-c3ccccc3)c2=S)CC1. The van der Waals surface area contributed by atoms with E-state index in [1.807, 2.05) is 51.7 Å². The average Bonchev–Trinajstić information content (AvgIpc) is 3.33. The zero-order chi connectivity index (χ0) is 18.6. The highest BCUT2D eigenvalue weighted by Crippen LogP contribution is 2.23. The molecular formula is C20H21N5OS. The molecule has 0 bridgehead atoms. The first kappa shape index (κ1) is 17.7. The van der Waals surface area contributed by atoms with Crippen molar-refractivity contribution in [3.63, 3.8) is 0 Å². The van der Waals surface area contributed by atoms with Crippen LogP contribution in [0.25, 0.3) is 17.3 Å². The summed E-state index contributed by atoms with van der Waals surface area (Å²) in [6.45, 7) is 5.16. The van der Waals surface area contributed by atoms with E-state index >= 15 is 0 Å². The molecule has 0 saturated carbocycles. The van der Waals surface area contributed by atoms with E-state index in [0.717, 1.165) is 31.9 Å². The van der Waals surface area contributed by atoms with Crippen molar-refractivity contribution in [2.45, 2.75) is 6.67 Å². The van der Waals surface area contributed by atoms with Crippen LogP contribution in [-0.4, -0.2) is 56.9 Å². The third-order valence-corrected chi connectivity index (χ3v) is 5.10. The van der Waals surface area contributed by atoms with Gasteiger partial charge in [-0.25, -0.2) is 4.68 Å². The molecule has 1 aliphatic rings. The lowest BCUT2D eigenvalue weighted by Crippen LogP contribution is -2.46. The molecule has 1 aliphatic heterocycles. The Morgan fingerprint density at radius 3 is 2.44 bits per heavy atom. The monoisotopic (exact) mass is 379 g/mol. The Bertz CT molecular complexity index is 976. The normalized spacial score (nSPS) is 15.7. The molecule has 0 spiro atoms. The summed E-state index contributed by atoms with van der Waals surface area (Å²) < 4.78 is 10.1. The minimum atomic E-state index is 0.649. The van der Waals surface area contributed by atoms with Gasteiger partial charge in [-0.2, -0.15) is 0 Å². The first-order chi connectivity index (χ1) is 13.3. The lowest BCUT2D eigenvalue weighted by atomic mass is 10.3. The van der Waals surface area contributed by atoms with E-state index in [2.05, 4.69) is 15.7 Å². The van der Waals surface area contributed by atoms with Gasteiger partial charge in [0.05, 0.1) is 25.2 Å². The highest BCUT2D eigenvalue weighted by molar-refractivity contribution is 7.71. The Labute approximate surface area is 163 Å². The van der Waals surface area contributed by atoms with Gasteiger partial charge in [-0.05, 0) is 36.5 Å². The molecule has 3 heterocycles. The van der Waals surface area contributed by atoms with Gasteiger partial charge in [0.15, 0.2) is 5.76 Å². The number of piperazine rings is 1. The summed E-state index contributed by atoms with van der Waals surface area (Å²) in [5.41, 5.74) is 0.971. The second-order valence-corrected chi connectivity index (χ2v) is 6.86. The van der Waals surface area contributed by atoms with Crippen molar-refractivity contribution in [3.05, 3.63) is 53.5 Å². The smallest absolute Gasteiger partial charge is 0.204 e. The van der Waals surface area contributed by atoms with Crippen molar-refractivity contribution in [1.82, 2.24) is 24.1 Å². The zero-order valence-corrected chi connectivity index (χ0v) is 15.8. The molecule has 2 aromatic heterocycles. The minimum absolute atomic E-state index is 0.649. The van der Waals surface area contributed by atoms with Crippen LogP contribution in [0, 0.1) is 17.1 Å². The van der Waals surface area contributed by atoms with E-state index in [0.29, 0.717) is 29.6 Å². The predicted molar refractivity (Wildman–Crippen MR) is 107 cm³/mol. The van der Waals surface area contributed by atoms with E-state index in [-0.39, 0.29) is 0 Å². The van der Waals surface area contributed by atoms with Crippen molar-refractivity contribution in [2.75, 3.05) is 32.7 Å². The molecule has 3 aromatic rings. The van der Waals surface area contributed by atoms with Crippen LogP contribution in [0.3, 0.4) is 0 Å². The van der Waals surface area contributed by atoms with E-state index < -0.39 is 0 Å². The third-order valence-electron chi connectivity index (χ3n) is 4.71. The molecule has 0 aliphatic carbocycles. The molecule has 138 valence electrons. The Hall–Kier alpha value is -2.66. The highest BCUT2D eigenvalue weighted by atomic mass is 32.1. The molecule has 0 radical (unpaired) electrons. The number of hydrogen-bond donors (Lipinski definition) is 0. The third kappa shape index (κ3) is 3.74. The lowest BCUT2D eigenvalue weighted by molar-refractivity contribution is 0.111. The maximum Gasteiger partial charge on any atom is 0.204 e. The first-order valence-corrected chi connectivity index (χ1v) is 9.34. The predicted octanol–water partition coefficient (Wildman–Crippen LogP) is 2.87. The standard InChI is InChI=1S/C20H21N5OS/c1-2-10-22-11-13-23(14-12-22)16-24-20(27)25(17-7-4-3-5-8-17)19(21-24)18-9-6-15-26-18/h1,3-9,15H,10-14,16H2. The summed E-state index contributed by atoms with van der Waals surface area (Å²) in [5.74, 6) is 4.12. The number of hydrogen-bond acceptors (Lipinski definition) is 5. The summed E-state index contributed by atoms with van der Waals surface area (Å²) in [4.78, 5) is 4.63. The largest absolute Gasteiger partial charge is 0.461 e. The van der Waals surface area contributed by atoms with Gasteiger partial charge in [-0.1, -0.05) is 24.1 Å². The molecular weight excluding hydrogens is 358 g/mol. The van der Waals surface area contributed by atoms with Gasteiger partial charge >= 0.3 is 0 Å². The number of para-hydroxylation sites is 1. The number of furan rings is 1. The molecule has 0 N–H and O–H groups in total. The summed E-state index contributed by atoms with van der Waals surface area (Å²) in [5, 5.41) is 4.77. The number of benzene rings is 1. The molecule has 1 aromatic carbocycles. The summed E-state index contributed by atoms with van der Waals surface area (Å²) in [7, 11) is 0. The van der Waals surface area contributed by atoms with Crippen molar-refractivity contribution in [3.8, 4) is 29.6 Å². The molecule has 4 rings (SSSR count). The summed E-state index contributed by atoms with van der Waals surface area (Å²) >= 11 is 5.76. The van der Waals surface area contributed by atoms with Crippen molar-refractivity contribution < 1.29 is 4.42 Å². The van der Waals surface area contributed by atoms with E-state index in [1.165, 1.54) is 0 Å². The van der Waals surface area contributed by atoms with Gasteiger partial charge in [-0.15, -0.1) is 11.5 Å². The van der Waals surface area contributed by atoms with Crippen LogP contribution < -0.4 is 0 Å². The van der Waals surface area contributed by atoms with Crippen LogP contribution in [0.1, 0.15) is 0 Å². The fraction of sp³-hybridized carbons (Fsp3) is 0.300. The van der Waals surface area contributed by atoms with Gasteiger partial charge in [0.1, 0.15) is 0 Å². The molecule has 7 heteroatoms. The molecule has 1 saturated heterocycles. The molecule has 0 unspecified atom stereocenters. The molecule has 1 fully saturated rings. The molecule has 6 nitrogen and oxygen atoms in total. The number of terminal acetylenes is 1. The molecule has 0 atom stereocenters. The summed E-state index contributed by atoms with van der Waals surface area (Å²) in [6.07, 6.45) is 7.06. The fourth-order valence-electron chi connectivity index (χ4n) is 3.28. The van der Waals surface area contributed by atoms with E-state index in [1.54, 1.807) is 6.26 Å². The van der Waals surface area contributed by atoms with Crippen LogP contribution in [0.15, 0.2) is 53.1 Å². The Kier molecular flexibility index (Phi) is 5.21. The maximum absolute atomic E-state index is 5.76. The van der Waals surface area contributed by atoms with Gasteiger partial charge in [-0.3, -0.25) is 14.4 Å². The number of nitrogens with zero attached hydrogens (tertiary/aromatic N) is 5. The number of rotatable bonds is 5. The van der Waals surface area contributed by atoms with Crippen LogP contribution >= 0.6 is 12.2 Å². The van der Waals surface area contributed by atoms with Crippen LogP contribution in [0.4, 0.5) is 0 Å². The average molecular weight is 379 g/mol. The van der Waals surface area contributed by atoms with Crippen molar-refractivity contribution in [2.24, 2.45) is 0 Å². The van der Waals surface area contributed by atoms with Gasteiger partial charge in [0.2, 0.25) is 10.6 Å². The van der Waals surface area contributed by atoms with Crippen molar-refractivity contribution >= 4 is 12.2 Å². The van der Waals surface area contributed by atoms with Gasteiger partial charge < -0.3 is 4.42 Å². The second kappa shape index (κ2) is 7.92. The topological polar surface area (TPSA) is 42.4 Å². The Balaban J connectivity index is 1.63. The first-order valence-electron chi connectivity index (χ1n) is 8.93. The quantitative estimate of drug-likeness (QED) is 0.504. The maximum atomic E-state index is 5.76. The zero-order valence-electron chi connectivity index (χ0n) is 15.0. The van der Waals surface area contributed by atoms with Gasteiger partial charge in [0.25, 0.3) is 0 Å². The van der Waals surface area contributed by atoms with Crippen LogP contribution in [0.2, 0.25) is 0 Å². The van der Waals surface area contributed by atoms with Crippen LogP contribution in [-0.2, 0) is 6.67 Å². The van der Waals surface area contributed by atoms with E-state index in [4.69, 9.17) is 28.2 Å². The minimum Gasteiger partial charge on any atom is -0.461 e. The van der Waals surface area contributed by atoms with Gasteiger partial charge in [0, 0.05) is 26.2 Å².